The molecule has 0 bridgehead atoms. The standard InChI is InChI=1S/C48H46O9.H3P/c1-49-39-17-11-18-40(50-2)35(39)27-31-15-9-25-47(33(31)29-37-43(53-5)21-13-22-44(37)54-6)57-48-26-10-16-32(28-36-41(51-3)19-12-20-42(36)52-4)34(48)30-38-45(55-7)23-14-24-46(38)56-8;/h9-30H,1-8H3;1H3. The first-order valence-corrected chi connectivity index (χ1v) is 18.1. The van der Waals surface area contributed by atoms with E-state index >= 15 is 0 Å². The summed E-state index contributed by atoms with van der Waals surface area (Å²) in [6.07, 6.45) is 8.04. The van der Waals surface area contributed by atoms with Crippen LogP contribution in [0.25, 0.3) is 24.3 Å². The summed E-state index contributed by atoms with van der Waals surface area (Å²) in [5.41, 5.74) is 2.99. The molecule has 0 spiro atoms. The number of benzene rings is 6. The SMILES string of the molecule is COc1cccc(OC)c1C=c1cccc(Oc2cccc(=Cc3c(OC)cccc3OC)c2=Cc2c(OC)cccc2OC)c1=Cc1c(OC)cccc1OC.P. The van der Waals surface area contributed by atoms with Crippen molar-refractivity contribution in [1.82, 2.24) is 0 Å². The van der Waals surface area contributed by atoms with Gasteiger partial charge in [-0.3, -0.25) is 0 Å². The zero-order valence-electron chi connectivity index (χ0n) is 34.1. The molecule has 1 unspecified atom stereocenters. The molecular weight excluding hydrogens is 751 g/mol. The quantitative estimate of drug-likeness (QED) is 0.109. The van der Waals surface area contributed by atoms with Crippen molar-refractivity contribution in [2.45, 2.75) is 0 Å². The van der Waals surface area contributed by atoms with Gasteiger partial charge in [-0.2, -0.15) is 9.90 Å². The Hall–Kier alpha value is -6.57. The van der Waals surface area contributed by atoms with E-state index in [-0.39, 0.29) is 9.90 Å². The average molecular weight is 801 g/mol. The smallest absolute Gasteiger partial charge is 0.135 e. The third kappa shape index (κ3) is 9.01. The van der Waals surface area contributed by atoms with E-state index in [1.54, 1.807) is 56.9 Å². The molecule has 0 aromatic heterocycles. The molecular formula is C48H49O9P. The summed E-state index contributed by atoms with van der Waals surface area (Å²) >= 11 is 0. The lowest BCUT2D eigenvalue weighted by Crippen LogP contribution is -2.30. The van der Waals surface area contributed by atoms with Gasteiger partial charge in [-0.25, -0.2) is 0 Å². The molecule has 6 aromatic rings. The molecule has 0 aliphatic rings. The van der Waals surface area contributed by atoms with Gasteiger partial charge in [-0.15, -0.1) is 0 Å². The maximum Gasteiger partial charge on any atom is 0.135 e. The van der Waals surface area contributed by atoms with Gasteiger partial charge in [0.1, 0.15) is 57.5 Å². The highest BCUT2D eigenvalue weighted by atomic mass is 31.0. The fourth-order valence-corrected chi connectivity index (χ4v) is 6.67. The van der Waals surface area contributed by atoms with Gasteiger partial charge in [0, 0.05) is 10.4 Å². The molecule has 0 saturated heterocycles. The summed E-state index contributed by atoms with van der Waals surface area (Å²) in [7, 11) is 13.1. The third-order valence-corrected chi connectivity index (χ3v) is 9.46. The Labute approximate surface area is 342 Å². The van der Waals surface area contributed by atoms with E-state index in [4.69, 9.17) is 42.6 Å². The number of hydrogen-bond acceptors (Lipinski definition) is 9. The van der Waals surface area contributed by atoms with Crippen molar-refractivity contribution in [3.05, 3.63) is 152 Å². The molecule has 0 aliphatic heterocycles. The van der Waals surface area contributed by atoms with Crippen molar-refractivity contribution in [2.75, 3.05) is 56.9 Å². The molecule has 300 valence electrons. The van der Waals surface area contributed by atoms with Gasteiger partial charge >= 0.3 is 0 Å². The van der Waals surface area contributed by atoms with E-state index in [1.807, 2.05) is 133 Å². The second-order valence-electron chi connectivity index (χ2n) is 12.5. The van der Waals surface area contributed by atoms with E-state index in [1.165, 1.54) is 0 Å². The van der Waals surface area contributed by atoms with Crippen LogP contribution in [-0.2, 0) is 0 Å². The van der Waals surface area contributed by atoms with E-state index in [9.17, 15) is 0 Å². The van der Waals surface area contributed by atoms with E-state index in [0.29, 0.717) is 57.5 Å². The second-order valence-corrected chi connectivity index (χ2v) is 12.5. The zero-order valence-corrected chi connectivity index (χ0v) is 35.5. The van der Waals surface area contributed by atoms with Crippen molar-refractivity contribution in [3.63, 3.8) is 0 Å². The summed E-state index contributed by atoms with van der Waals surface area (Å²) in [4.78, 5) is 0. The summed E-state index contributed by atoms with van der Waals surface area (Å²) < 4.78 is 53.5. The number of hydrogen-bond donors (Lipinski definition) is 0. The van der Waals surface area contributed by atoms with Crippen LogP contribution in [0.3, 0.4) is 0 Å². The van der Waals surface area contributed by atoms with Crippen molar-refractivity contribution >= 4 is 34.2 Å². The molecule has 0 amide bonds. The van der Waals surface area contributed by atoms with E-state index < -0.39 is 0 Å². The fourth-order valence-electron chi connectivity index (χ4n) is 6.67. The minimum Gasteiger partial charge on any atom is -0.496 e. The molecule has 58 heavy (non-hydrogen) atoms. The Bertz CT molecular complexity index is 2350. The lowest BCUT2D eigenvalue weighted by Gasteiger charge is -2.14. The van der Waals surface area contributed by atoms with Gasteiger partial charge in [0.05, 0.1) is 79.1 Å². The highest BCUT2D eigenvalue weighted by Gasteiger charge is 2.15. The van der Waals surface area contributed by atoms with Gasteiger partial charge in [-0.1, -0.05) is 48.5 Å². The van der Waals surface area contributed by atoms with Crippen LogP contribution in [0.2, 0.25) is 0 Å². The molecule has 0 saturated carbocycles. The Balaban J connectivity index is 0.00000641. The minimum atomic E-state index is 0. The normalized spacial score (nSPS) is 12.1. The Morgan fingerprint density at radius 3 is 0.724 bits per heavy atom. The minimum absolute atomic E-state index is 0. The van der Waals surface area contributed by atoms with E-state index in [2.05, 4.69) is 0 Å². The second kappa shape index (κ2) is 20.0. The molecule has 0 aliphatic carbocycles. The van der Waals surface area contributed by atoms with E-state index in [0.717, 1.165) is 43.1 Å². The third-order valence-electron chi connectivity index (χ3n) is 9.46. The first-order valence-electron chi connectivity index (χ1n) is 18.1. The maximum atomic E-state index is 7.07. The monoisotopic (exact) mass is 800 g/mol. The lowest BCUT2D eigenvalue weighted by atomic mass is 10.1. The van der Waals surface area contributed by atoms with Crippen LogP contribution < -0.4 is 63.5 Å². The number of methoxy groups -OCH3 is 8. The predicted octanol–water partition coefficient (Wildman–Crippen LogP) is 6.92. The summed E-state index contributed by atoms with van der Waals surface area (Å²) in [6, 6.07) is 34.5. The molecule has 0 heterocycles. The Kier molecular flexibility index (Phi) is 14.7. The predicted molar refractivity (Wildman–Crippen MR) is 235 cm³/mol. The van der Waals surface area contributed by atoms with Crippen LogP contribution in [-0.4, -0.2) is 56.9 Å². The molecule has 0 radical (unpaired) electrons. The molecule has 9 nitrogen and oxygen atoms in total. The Morgan fingerprint density at radius 2 is 0.483 bits per heavy atom. The van der Waals surface area contributed by atoms with Crippen LogP contribution in [0, 0.1) is 0 Å². The molecule has 0 N–H and O–H groups in total. The highest BCUT2D eigenvalue weighted by molar-refractivity contribution is 6.92. The van der Waals surface area contributed by atoms with Crippen molar-refractivity contribution in [2.24, 2.45) is 0 Å². The van der Waals surface area contributed by atoms with Crippen LogP contribution in [0.15, 0.2) is 109 Å². The van der Waals surface area contributed by atoms with Crippen LogP contribution >= 0.6 is 9.90 Å². The van der Waals surface area contributed by atoms with Gasteiger partial charge in [-0.05, 0) is 95.4 Å². The molecule has 10 heteroatoms. The molecule has 0 fully saturated rings. The first kappa shape index (κ1) is 42.6. The number of rotatable bonds is 14. The van der Waals surface area contributed by atoms with Gasteiger partial charge in [0.25, 0.3) is 0 Å². The molecule has 1 atom stereocenters. The fraction of sp³-hybridized carbons (Fsp3) is 0.167. The number of ether oxygens (including phenoxy) is 9. The molecule has 6 aromatic carbocycles. The zero-order chi connectivity index (χ0) is 40.3. The van der Waals surface area contributed by atoms with Crippen molar-refractivity contribution in [3.8, 4) is 57.5 Å². The highest BCUT2D eigenvalue weighted by Crippen LogP contribution is 2.32. The van der Waals surface area contributed by atoms with Crippen LogP contribution in [0.1, 0.15) is 22.3 Å². The average Bonchev–Trinajstić information content (AvgIpc) is 3.25. The topological polar surface area (TPSA) is 83.1 Å². The summed E-state index contributed by atoms with van der Waals surface area (Å²) in [5.74, 6) is 6.23. The van der Waals surface area contributed by atoms with Crippen LogP contribution in [0.5, 0.6) is 57.5 Å². The summed E-state index contributed by atoms with van der Waals surface area (Å²) in [5, 5.41) is 3.13. The van der Waals surface area contributed by atoms with Crippen molar-refractivity contribution < 1.29 is 42.6 Å². The van der Waals surface area contributed by atoms with Gasteiger partial charge in [0.2, 0.25) is 0 Å². The largest absolute Gasteiger partial charge is 0.496 e. The van der Waals surface area contributed by atoms with Gasteiger partial charge in [0.15, 0.2) is 0 Å². The lowest BCUT2D eigenvalue weighted by molar-refractivity contribution is 0.392. The summed E-state index contributed by atoms with van der Waals surface area (Å²) in [6.45, 7) is 0. The molecule has 6 rings (SSSR count). The Morgan fingerprint density at radius 1 is 0.276 bits per heavy atom. The van der Waals surface area contributed by atoms with Crippen LogP contribution in [0.4, 0.5) is 0 Å². The maximum absolute atomic E-state index is 7.07. The van der Waals surface area contributed by atoms with Gasteiger partial charge < -0.3 is 42.6 Å². The first-order chi connectivity index (χ1) is 27.9. The van der Waals surface area contributed by atoms with Crippen molar-refractivity contribution in [1.29, 1.82) is 0 Å².